The second-order valence-corrected chi connectivity index (χ2v) is 7.57. The Kier molecular flexibility index (Phi) is 11.1. The molecule has 0 unspecified atom stereocenters. The van der Waals surface area contributed by atoms with Gasteiger partial charge in [0.25, 0.3) is 5.91 Å². The van der Waals surface area contributed by atoms with Crippen LogP contribution in [0.15, 0.2) is 47.5 Å². The Balaban J connectivity index is 0.00000385. The largest absolute Gasteiger partial charge is 0.493 e. The summed E-state index contributed by atoms with van der Waals surface area (Å²) in [7, 11) is 4.99. The molecule has 1 amide bonds. The zero-order valence-electron chi connectivity index (χ0n) is 19.3. The van der Waals surface area contributed by atoms with Crippen LogP contribution in [-0.4, -0.2) is 52.3 Å². The summed E-state index contributed by atoms with van der Waals surface area (Å²) in [4.78, 5) is 16.0. The summed E-state index contributed by atoms with van der Waals surface area (Å²) in [6.45, 7) is 1.40. The van der Waals surface area contributed by atoms with Gasteiger partial charge in [-0.25, -0.2) is 0 Å². The molecule has 0 saturated heterocycles. The number of nitrogens with zero attached hydrogens (tertiary/aromatic N) is 1. The first-order valence-electron chi connectivity index (χ1n) is 10.8. The quantitative estimate of drug-likeness (QED) is 0.220. The molecule has 1 saturated carbocycles. The minimum atomic E-state index is -0.0623. The predicted molar refractivity (Wildman–Crippen MR) is 140 cm³/mol. The fourth-order valence-electron chi connectivity index (χ4n) is 3.12. The van der Waals surface area contributed by atoms with E-state index in [0.29, 0.717) is 29.8 Å². The summed E-state index contributed by atoms with van der Waals surface area (Å²) in [6.07, 6.45) is 2.98. The lowest BCUT2D eigenvalue weighted by Gasteiger charge is -2.14. The molecule has 1 aliphatic rings. The Morgan fingerprint density at radius 1 is 1.00 bits per heavy atom. The van der Waals surface area contributed by atoms with Crippen LogP contribution < -0.4 is 30.2 Å². The van der Waals surface area contributed by atoms with Crippen LogP contribution in [0.1, 0.15) is 24.0 Å². The molecule has 0 atom stereocenters. The van der Waals surface area contributed by atoms with Crippen LogP contribution in [-0.2, 0) is 17.8 Å². The molecule has 8 nitrogen and oxygen atoms in total. The van der Waals surface area contributed by atoms with Crippen LogP contribution in [0.2, 0.25) is 0 Å². The Labute approximate surface area is 212 Å². The summed E-state index contributed by atoms with van der Waals surface area (Å²) in [5.41, 5.74) is 2.23. The van der Waals surface area contributed by atoms with Crippen molar-refractivity contribution < 1.29 is 19.0 Å². The smallest absolute Gasteiger partial charge is 0.258 e. The van der Waals surface area contributed by atoms with E-state index in [4.69, 9.17) is 14.2 Å². The highest BCUT2D eigenvalue weighted by molar-refractivity contribution is 14.0. The number of ether oxygens (including phenoxy) is 3. The minimum absolute atomic E-state index is 0. The van der Waals surface area contributed by atoms with E-state index < -0.39 is 0 Å². The molecule has 2 aromatic rings. The summed E-state index contributed by atoms with van der Waals surface area (Å²) < 4.78 is 16.2. The first-order chi connectivity index (χ1) is 15.6. The zero-order chi connectivity index (χ0) is 22.8. The first kappa shape index (κ1) is 26.6. The molecular formula is C24H33IN4O4. The first-order valence-corrected chi connectivity index (χ1v) is 10.8. The number of hydrogen-bond acceptors (Lipinski definition) is 5. The normalized spacial score (nSPS) is 12.9. The molecule has 0 aromatic heterocycles. The number of rotatable bonds is 11. The minimum Gasteiger partial charge on any atom is -0.493 e. The molecule has 0 spiro atoms. The fraction of sp³-hybridized carbons (Fsp3) is 0.417. The van der Waals surface area contributed by atoms with Gasteiger partial charge in [0.2, 0.25) is 0 Å². The maximum absolute atomic E-state index is 11.7. The third-order valence-electron chi connectivity index (χ3n) is 5.07. The van der Waals surface area contributed by atoms with Gasteiger partial charge in [-0.1, -0.05) is 18.2 Å². The van der Waals surface area contributed by atoms with Gasteiger partial charge < -0.3 is 30.2 Å². The highest BCUT2D eigenvalue weighted by atomic mass is 127. The third kappa shape index (κ3) is 8.99. The molecule has 0 bridgehead atoms. The Bertz CT molecular complexity index is 917. The van der Waals surface area contributed by atoms with E-state index in [2.05, 4.69) is 20.9 Å². The number of aliphatic imine (C=N–C) groups is 1. The molecule has 3 rings (SSSR count). The number of nitrogens with one attached hydrogen (secondary N) is 3. The van der Waals surface area contributed by atoms with Gasteiger partial charge in [-0.15, -0.1) is 24.0 Å². The Hall–Kier alpha value is -2.69. The molecule has 1 aliphatic carbocycles. The average Bonchev–Trinajstić information content (AvgIpc) is 3.64. The molecule has 33 heavy (non-hydrogen) atoms. The van der Waals surface area contributed by atoms with Crippen LogP contribution in [0.25, 0.3) is 0 Å². The van der Waals surface area contributed by atoms with Crippen molar-refractivity contribution in [1.29, 1.82) is 0 Å². The van der Waals surface area contributed by atoms with Gasteiger partial charge in [0.15, 0.2) is 24.1 Å². The maximum atomic E-state index is 11.7. The topological polar surface area (TPSA) is 93.2 Å². The number of halogens is 1. The van der Waals surface area contributed by atoms with Crippen molar-refractivity contribution in [3.8, 4) is 17.2 Å². The Morgan fingerprint density at radius 3 is 2.33 bits per heavy atom. The summed E-state index contributed by atoms with van der Waals surface area (Å²) >= 11 is 0. The van der Waals surface area contributed by atoms with Gasteiger partial charge in [-0.2, -0.15) is 0 Å². The molecular weight excluding hydrogens is 535 g/mol. The number of benzene rings is 2. The highest BCUT2D eigenvalue weighted by Gasteiger charge is 2.23. The average molecular weight is 568 g/mol. The number of hydrogen-bond donors (Lipinski definition) is 3. The van der Waals surface area contributed by atoms with Gasteiger partial charge in [-0.05, 0) is 54.7 Å². The lowest BCUT2D eigenvalue weighted by Crippen LogP contribution is -2.37. The van der Waals surface area contributed by atoms with E-state index in [0.717, 1.165) is 37.3 Å². The number of amides is 1. The highest BCUT2D eigenvalue weighted by Crippen LogP contribution is 2.27. The van der Waals surface area contributed by atoms with Crippen LogP contribution in [0.4, 0.5) is 0 Å². The lowest BCUT2D eigenvalue weighted by molar-refractivity contribution is -0.123. The fourth-order valence-corrected chi connectivity index (χ4v) is 3.12. The summed E-state index contributed by atoms with van der Waals surface area (Å²) in [5.74, 6) is 2.76. The van der Waals surface area contributed by atoms with E-state index >= 15 is 0 Å². The van der Waals surface area contributed by atoms with E-state index in [1.807, 2.05) is 42.5 Å². The standard InChI is InChI=1S/C24H32N4O4.HI/c1-25-24(27-15-18-6-11-21(30-2)22(14-18)31-3)26-13-12-17-4-9-20(10-5-17)32-16-23(29)28-19-7-8-19;/h4-6,9-11,14,19H,7-8,12-13,15-16H2,1-3H3,(H,28,29)(H2,25,26,27);1H. The van der Waals surface area contributed by atoms with E-state index in [-0.39, 0.29) is 36.5 Å². The molecule has 9 heteroatoms. The number of carbonyl (C=O) groups excluding carboxylic acids is 1. The third-order valence-corrected chi connectivity index (χ3v) is 5.07. The number of carbonyl (C=O) groups is 1. The van der Waals surface area contributed by atoms with Crippen molar-refractivity contribution >= 4 is 35.8 Å². The van der Waals surface area contributed by atoms with Crippen molar-refractivity contribution in [2.24, 2.45) is 4.99 Å². The molecule has 3 N–H and O–H groups in total. The van der Waals surface area contributed by atoms with Crippen molar-refractivity contribution in [3.05, 3.63) is 53.6 Å². The molecule has 0 heterocycles. The van der Waals surface area contributed by atoms with Gasteiger partial charge in [0.1, 0.15) is 5.75 Å². The predicted octanol–water partition coefficient (Wildman–Crippen LogP) is 2.89. The van der Waals surface area contributed by atoms with E-state index in [1.54, 1.807) is 21.3 Å². The number of guanidine groups is 1. The van der Waals surface area contributed by atoms with Crippen molar-refractivity contribution in [1.82, 2.24) is 16.0 Å². The second kappa shape index (κ2) is 13.8. The van der Waals surface area contributed by atoms with Crippen LogP contribution in [0, 0.1) is 0 Å². The van der Waals surface area contributed by atoms with Crippen LogP contribution in [0.5, 0.6) is 17.2 Å². The van der Waals surface area contributed by atoms with Gasteiger partial charge in [0.05, 0.1) is 14.2 Å². The van der Waals surface area contributed by atoms with Crippen LogP contribution >= 0.6 is 24.0 Å². The zero-order valence-corrected chi connectivity index (χ0v) is 21.7. The molecule has 1 fully saturated rings. The molecule has 0 aliphatic heterocycles. The van der Waals surface area contributed by atoms with E-state index in [1.165, 1.54) is 5.56 Å². The van der Waals surface area contributed by atoms with Gasteiger partial charge in [0, 0.05) is 26.2 Å². The summed E-state index contributed by atoms with van der Waals surface area (Å²) in [5, 5.41) is 9.53. The van der Waals surface area contributed by atoms with Gasteiger partial charge >= 0.3 is 0 Å². The second-order valence-electron chi connectivity index (χ2n) is 7.57. The number of methoxy groups -OCH3 is 2. The SMILES string of the molecule is CN=C(NCCc1ccc(OCC(=O)NC2CC2)cc1)NCc1ccc(OC)c(OC)c1.I. The summed E-state index contributed by atoms with van der Waals surface area (Å²) in [6, 6.07) is 14.0. The van der Waals surface area contributed by atoms with Crippen molar-refractivity contribution in [2.75, 3.05) is 34.4 Å². The molecule has 180 valence electrons. The maximum Gasteiger partial charge on any atom is 0.258 e. The van der Waals surface area contributed by atoms with E-state index in [9.17, 15) is 4.79 Å². The monoisotopic (exact) mass is 568 g/mol. The van der Waals surface area contributed by atoms with Gasteiger partial charge in [-0.3, -0.25) is 9.79 Å². The lowest BCUT2D eigenvalue weighted by atomic mass is 10.1. The van der Waals surface area contributed by atoms with Crippen molar-refractivity contribution in [3.63, 3.8) is 0 Å². The molecule has 2 aromatic carbocycles. The van der Waals surface area contributed by atoms with Crippen LogP contribution in [0.3, 0.4) is 0 Å². The molecule has 0 radical (unpaired) electrons. The Morgan fingerprint density at radius 2 is 1.70 bits per heavy atom. The van der Waals surface area contributed by atoms with Crippen molar-refractivity contribution in [2.45, 2.75) is 31.8 Å².